The zero-order valence-electron chi connectivity index (χ0n) is 18.1. The van der Waals surface area contributed by atoms with Gasteiger partial charge in [0.15, 0.2) is 5.11 Å². The third-order valence-corrected chi connectivity index (χ3v) is 5.10. The fourth-order valence-electron chi connectivity index (χ4n) is 3.35. The molecule has 1 aliphatic rings. The van der Waals surface area contributed by atoms with E-state index in [2.05, 4.69) is 16.0 Å². The second-order valence-electron chi connectivity index (χ2n) is 7.35. The lowest BCUT2D eigenvalue weighted by molar-refractivity contribution is -0.384. The summed E-state index contributed by atoms with van der Waals surface area (Å²) in [6.45, 7) is 3.98. The normalized spacial score (nSPS) is 13.2. The van der Waals surface area contributed by atoms with Gasteiger partial charge in [0.25, 0.3) is 11.6 Å². The fourth-order valence-corrected chi connectivity index (χ4v) is 3.56. The van der Waals surface area contributed by atoms with Gasteiger partial charge in [-0.1, -0.05) is 13.0 Å². The van der Waals surface area contributed by atoms with Gasteiger partial charge >= 0.3 is 0 Å². The Hall–Kier alpha value is -3.57. The Kier molecular flexibility index (Phi) is 8.28. The van der Waals surface area contributed by atoms with E-state index in [1.807, 2.05) is 11.8 Å². The minimum atomic E-state index is -0.573. The number of morpholine rings is 1. The Morgan fingerprint density at radius 3 is 2.48 bits per heavy atom. The minimum absolute atomic E-state index is 0.0249. The Labute approximate surface area is 196 Å². The summed E-state index contributed by atoms with van der Waals surface area (Å²) < 4.78 is 5.30. The van der Waals surface area contributed by atoms with Crippen molar-refractivity contribution in [3.05, 3.63) is 58.1 Å². The lowest BCUT2D eigenvalue weighted by Gasteiger charge is -2.28. The number of benzene rings is 2. The smallest absolute Gasteiger partial charge is 0.293 e. The number of carbonyl (C=O) groups is 2. The van der Waals surface area contributed by atoms with Crippen LogP contribution in [0.2, 0.25) is 0 Å². The molecule has 0 bridgehead atoms. The summed E-state index contributed by atoms with van der Waals surface area (Å²) in [4.78, 5) is 37.4. The standard InChI is InChI=1S/C22H25N5O5S/c1-2-4-20(28)23-16-5-3-6-17(14-16)24-22(33)25-21(29)15-7-8-18(19(13-15)27(30)31)26-9-11-32-12-10-26/h3,5-8,13-14H,2,4,9-12H2,1H3,(H,23,28)(H2,24,25,29,33). The van der Waals surface area contributed by atoms with E-state index in [4.69, 9.17) is 17.0 Å². The molecular formula is C22H25N5O5S. The van der Waals surface area contributed by atoms with E-state index in [1.54, 1.807) is 30.3 Å². The Morgan fingerprint density at radius 2 is 1.82 bits per heavy atom. The zero-order valence-corrected chi connectivity index (χ0v) is 18.9. The van der Waals surface area contributed by atoms with Gasteiger partial charge < -0.3 is 20.3 Å². The SMILES string of the molecule is CCCC(=O)Nc1cccc(NC(=S)NC(=O)c2ccc(N3CCOCC3)c([N+](=O)[O-])c2)c1. The summed E-state index contributed by atoms with van der Waals surface area (Å²) in [5.41, 5.74) is 1.58. The van der Waals surface area contributed by atoms with Crippen LogP contribution in [0.1, 0.15) is 30.1 Å². The Bertz CT molecular complexity index is 1060. The number of ether oxygens (including phenoxy) is 1. The average molecular weight is 472 g/mol. The number of nitro groups is 1. The van der Waals surface area contributed by atoms with Crippen molar-refractivity contribution in [1.29, 1.82) is 0 Å². The average Bonchev–Trinajstić information content (AvgIpc) is 2.79. The molecule has 0 atom stereocenters. The monoisotopic (exact) mass is 471 g/mol. The second-order valence-corrected chi connectivity index (χ2v) is 7.76. The van der Waals surface area contributed by atoms with Crippen molar-refractivity contribution < 1.29 is 19.2 Å². The highest BCUT2D eigenvalue weighted by Gasteiger charge is 2.23. The van der Waals surface area contributed by atoms with Gasteiger partial charge in [0.05, 0.1) is 18.1 Å². The summed E-state index contributed by atoms with van der Waals surface area (Å²) in [7, 11) is 0. The summed E-state index contributed by atoms with van der Waals surface area (Å²) >= 11 is 5.21. The maximum absolute atomic E-state index is 12.6. The number of hydrogen-bond donors (Lipinski definition) is 3. The molecule has 3 N–H and O–H groups in total. The number of amides is 2. The molecular weight excluding hydrogens is 446 g/mol. The first kappa shape index (κ1) is 24.1. The van der Waals surface area contributed by atoms with Gasteiger partial charge in [-0.25, -0.2) is 0 Å². The molecule has 2 amide bonds. The summed E-state index contributed by atoms with van der Waals surface area (Å²) in [5.74, 6) is -0.663. The molecule has 0 radical (unpaired) electrons. The Morgan fingerprint density at radius 1 is 1.12 bits per heavy atom. The zero-order chi connectivity index (χ0) is 23.8. The van der Waals surface area contributed by atoms with Gasteiger partial charge in [0, 0.05) is 42.5 Å². The van der Waals surface area contributed by atoms with E-state index in [0.29, 0.717) is 49.8 Å². The molecule has 0 spiro atoms. The number of nitrogens with one attached hydrogen (secondary N) is 3. The molecule has 1 fully saturated rings. The third-order valence-electron chi connectivity index (χ3n) is 4.89. The van der Waals surface area contributed by atoms with Crippen LogP contribution in [0.3, 0.4) is 0 Å². The topological polar surface area (TPSA) is 126 Å². The molecule has 1 heterocycles. The highest BCUT2D eigenvalue weighted by atomic mass is 32.1. The van der Waals surface area contributed by atoms with E-state index in [1.165, 1.54) is 12.1 Å². The van der Waals surface area contributed by atoms with Gasteiger partial charge in [0.2, 0.25) is 5.91 Å². The first-order valence-corrected chi connectivity index (χ1v) is 10.9. The van der Waals surface area contributed by atoms with Crippen LogP contribution in [0.5, 0.6) is 0 Å². The van der Waals surface area contributed by atoms with Gasteiger partial charge in [-0.05, 0) is 49.0 Å². The van der Waals surface area contributed by atoms with Crippen LogP contribution in [0.25, 0.3) is 0 Å². The number of nitro benzene ring substituents is 1. The first-order chi connectivity index (χ1) is 15.9. The maximum Gasteiger partial charge on any atom is 0.293 e. The molecule has 0 saturated carbocycles. The van der Waals surface area contributed by atoms with Crippen LogP contribution in [0.15, 0.2) is 42.5 Å². The lowest BCUT2D eigenvalue weighted by atomic mass is 10.1. The number of thiocarbonyl (C=S) groups is 1. The number of rotatable bonds is 7. The molecule has 2 aromatic rings. The van der Waals surface area contributed by atoms with Crippen LogP contribution >= 0.6 is 12.2 Å². The van der Waals surface area contributed by atoms with E-state index >= 15 is 0 Å². The molecule has 0 unspecified atom stereocenters. The first-order valence-electron chi connectivity index (χ1n) is 10.5. The van der Waals surface area contributed by atoms with Crippen LogP contribution in [0, 0.1) is 10.1 Å². The van der Waals surface area contributed by atoms with Crippen molar-refractivity contribution in [3.63, 3.8) is 0 Å². The summed E-state index contributed by atoms with van der Waals surface area (Å²) in [6, 6.07) is 11.2. The van der Waals surface area contributed by atoms with Crippen molar-refractivity contribution in [2.45, 2.75) is 19.8 Å². The largest absolute Gasteiger partial charge is 0.378 e. The summed E-state index contributed by atoms with van der Waals surface area (Å²) in [6.07, 6.45) is 1.16. The van der Waals surface area contributed by atoms with E-state index in [9.17, 15) is 19.7 Å². The highest BCUT2D eigenvalue weighted by Crippen LogP contribution is 2.30. The van der Waals surface area contributed by atoms with Gasteiger partial charge in [-0.15, -0.1) is 0 Å². The number of anilines is 3. The molecule has 33 heavy (non-hydrogen) atoms. The maximum atomic E-state index is 12.6. The fraction of sp³-hybridized carbons (Fsp3) is 0.318. The second kappa shape index (κ2) is 11.3. The van der Waals surface area contributed by atoms with Crippen LogP contribution in [-0.2, 0) is 9.53 Å². The van der Waals surface area contributed by atoms with Crippen LogP contribution in [-0.4, -0.2) is 48.2 Å². The van der Waals surface area contributed by atoms with Gasteiger partial charge in [-0.3, -0.25) is 25.0 Å². The molecule has 1 saturated heterocycles. The predicted molar refractivity (Wildman–Crippen MR) is 130 cm³/mol. The minimum Gasteiger partial charge on any atom is -0.378 e. The molecule has 2 aromatic carbocycles. The lowest BCUT2D eigenvalue weighted by Crippen LogP contribution is -2.37. The van der Waals surface area contributed by atoms with Crippen molar-refractivity contribution in [2.75, 3.05) is 41.8 Å². The molecule has 0 aromatic heterocycles. The quantitative estimate of drug-likeness (QED) is 0.319. The number of hydrogen-bond acceptors (Lipinski definition) is 7. The number of nitrogens with zero attached hydrogens (tertiary/aromatic N) is 2. The van der Waals surface area contributed by atoms with E-state index in [0.717, 1.165) is 6.42 Å². The number of carbonyl (C=O) groups excluding carboxylic acids is 2. The Balaban J connectivity index is 1.66. The van der Waals surface area contributed by atoms with Crippen LogP contribution in [0.4, 0.5) is 22.7 Å². The molecule has 11 heteroatoms. The third kappa shape index (κ3) is 6.70. The van der Waals surface area contributed by atoms with E-state index < -0.39 is 10.8 Å². The van der Waals surface area contributed by atoms with Crippen molar-refractivity contribution in [3.8, 4) is 0 Å². The molecule has 0 aliphatic carbocycles. The van der Waals surface area contributed by atoms with E-state index in [-0.39, 0.29) is 22.3 Å². The molecule has 174 valence electrons. The molecule has 3 rings (SSSR count). The summed E-state index contributed by atoms with van der Waals surface area (Å²) in [5, 5.41) is 19.8. The predicted octanol–water partition coefficient (Wildman–Crippen LogP) is 3.30. The van der Waals surface area contributed by atoms with Crippen molar-refractivity contribution in [1.82, 2.24) is 5.32 Å². The highest BCUT2D eigenvalue weighted by molar-refractivity contribution is 7.80. The van der Waals surface area contributed by atoms with Crippen LogP contribution < -0.4 is 20.9 Å². The van der Waals surface area contributed by atoms with Crippen molar-refractivity contribution >= 4 is 51.9 Å². The molecule has 1 aliphatic heterocycles. The van der Waals surface area contributed by atoms with Crippen molar-refractivity contribution in [2.24, 2.45) is 0 Å². The molecule has 10 nitrogen and oxygen atoms in total. The van der Waals surface area contributed by atoms with Gasteiger partial charge in [0.1, 0.15) is 5.69 Å². The van der Waals surface area contributed by atoms with Gasteiger partial charge in [-0.2, -0.15) is 0 Å².